The molecule has 2 heterocycles. The number of carbonyl (C=O) groups is 1. The third kappa shape index (κ3) is 3.07. The molecule has 2 aliphatic rings. The lowest BCUT2D eigenvalue weighted by atomic mass is 10.0. The number of rotatable bonds is 1. The second-order valence-electron chi connectivity index (χ2n) is 4.68. The van der Waals surface area contributed by atoms with Gasteiger partial charge in [0.2, 0.25) is 5.91 Å². The first-order valence-corrected chi connectivity index (χ1v) is 7.03. The fourth-order valence-electron chi connectivity index (χ4n) is 2.61. The number of amides is 1. The van der Waals surface area contributed by atoms with Crippen LogP contribution in [0.4, 0.5) is 0 Å². The molecule has 0 atom stereocenters. The molecule has 92 valence electrons. The highest BCUT2D eigenvalue weighted by atomic mass is 127. The molecule has 2 aliphatic heterocycles. The topological polar surface area (TPSA) is 26.8 Å². The highest BCUT2D eigenvalue weighted by molar-refractivity contribution is 14.1. The maximum Gasteiger partial charge on any atom is 0.219 e. The zero-order valence-corrected chi connectivity index (χ0v) is 12.0. The van der Waals surface area contributed by atoms with Crippen LogP contribution in [0.2, 0.25) is 0 Å². The van der Waals surface area contributed by atoms with Crippen molar-refractivity contribution in [1.29, 1.82) is 0 Å². The molecule has 1 amide bonds. The van der Waals surface area contributed by atoms with Crippen LogP contribution in [0.5, 0.6) is 0 Å². The van der Waals surface area contributed by atoms with Crippen molar-refractivity contribution in [3.8, 4) is 0 Å². The summed E-state index contributed by atoms with van der Waals surface area (Å²) in [5.74, 6) is 0.232. The van der Waals surface area contributed by atoms with Gasteiger partial charge in [0.1, 0.15) is 0 Å². The average Bonchev–Trinajstić information content (AvgIpc) is 2.30. The van der Waals surface area contributed by atoms with Gasteiger partial charge in [-0.1, -0.05) is 0 Å². The Morgan fingerprint density at radius 1 is 1.06 bits per heavy atom. The first-order valence-electron chi connectivity index (χ1n) is 6.07. The van der Waals surface area contributed by atoms with E-state index in [1.165, 1.54) is 26.2 Å². The zero-order valence-electron chi connectivity index (χ0n) is 9.86. The molecule has 0 spiro atoms. The standard InChI is InChI=1S/C11H20IN3O/c1-10(16)13-4-2-11(3-5-13)14-6-8-15(12)9-7-14/h11H,2-9H2,1H3. The van der Waals surface area contributed by atoms with E-state index in [9.17, 15) is 4.79 Å². The number of piperidine rings is 1. The minimum Gasteiger partial charge on any atom is -0.343 e. The molecule has 0 unspecified atom stereocenters. The fourth-order valence-corrected chi connectivity index (χ4v) is 3.04. The van der Waals surface area contributed by atoms with Crippen molar-refractivity contribution in [3.05, 3.63) is 0 Å². The molecule has 2 rings (SSSR count). The Morgan fingerprint density at radius 2 is 1.62 bits per heavy atom. The van der Waals surface area contributed by atoms with Gasteiger partial charge in [0, 0.05) is 75.1 Å². The number of piperazine rings is 1. The molecule has 2 fully saturated rings. The van der Waals surface area contributed by atoms with Crippen LogP contribution in [-0.4, -0.2) is 64.1 Å². The van der Waals surface area contributed by atoms with Gasteiger partial charge in [0.25, 0.3) is 0 Å². The zero-order chi connectivity index (χ0) is 11.5. The Morgan fingerprint density at radius 3 is 2.12 bits per heavy atom. The van der Waals surface area contributed by atoms with Crippen LogP contribution in [0.3, 0.4) is 0 Å². The molecule has 0 aromatic heterocycles. The van der Waals surface area contributed by atoms with E-state index < -0.39 is 0 Å². The third-order valence-electron chi connectivity index (χ3n) is 3.69. The summed E-state index contributed by atoms with van der Waals surface area (Å²) in [7, 11) is 0. The Balaban J connectivity index is 1.78. The lowest BCUT2D eigenvalue weighted by Crippen LogP contribution is -2.51. The predicted octanol–water partition coefficient (Wildman–Crippen LogP) is 0.965. The van der Waals surface area contributed by atoms with Crippen molar-refractivity contribution in [2.75, 3.05) is 39.3 Å². The first kappa shape index (κ1) is 12.6. The molecule has 0 bridgehead atoms. The van der Waals surface area contributed by atoms with E-state index in [0.717, 1.165) is 25.9 Å². The average molecular weight is 337 g/mol. The minimum absolute atomic E-state index is 0.232. The normalized spacial score (nSPS) is 26.0. The summed E-state index contributed by atoms with van der Waals surface area (Å²) in [5, 5.41) is 0. The van der Waals surface area contributed by atoms with Gasteiger partial charge >= 0.3 is 0 Å². The Hall–Kier alpha value is 0.120. The van der Waals surface area contributed by atoms with Crippen LogP contribution < -0.4 is 0 Å². The number of hydrogen-bond acceptors (Lipinski definition) is 3. The smallest absolute Gasteiger partial charge is 0.219 e. The van der Waals surface area contributed by atoms with E-state index in [1.807, 2.05) is 4.90 Å². The van der Waals surface area contributed by atoms with Crippen LogP contribution in [0, 0.1) is 0 Å². The number of carbonyl (C=O) groups excluding carboxylic acids is 1. The van der Waals surface area contributed by atoms with Crippen molar-refractivity contribution in [3.63, 3.8) is 0 Å². The van der Waals surface area contributed by atoms with Crippen molar-refractivity contribution >= 4 is 28.8 Å². The Bertz CT molecular complexity index is 246. The van der Waals surface area contributed by atoms with Crippen molar-refractivity contribution in [2.24, 2.45) is 0 Å². The monoisotopic (exact) mass is 337 g/mol. The molecule has 0 aromatic rings. The van der Waals surface area contributed by atoms with Gasteiger partial charge in [-0.15, -0.1) is 0 Å². The molecule has 0 N–H and O–H groups in total. The number of hydrogen-bond donors (Lipinski definition) is 0. The molecular weight excluding hydrogens is 317 g/mol. The molecule has 0 radical (unpaired) electrons. The predicted molar refractivity (Wildman–Crippen MR) is 72.4 cm³/mol. The van der Waals surface area contributed by atoms with Gasteiger partial charge in [0.15, 0.2) is 0 Å². The van der Waals surface area contributed by atoms with Crippen LogP contribution in [0.25, 0.3) is 0 Å². The molecule has 5 heteroatoms. The summed E-state index contributed by atoms with van der Waals surface area (Å²) < 4.78 is 2.36. The molecule has 2 saturated heterocycles. The summed E-state index contributed by atoms with van der Waals surface area (Å²) in [4.78, 5) is 15.8. The summed E-state index contributed by atoms with van der Waals surface area (Å²) in [5.41, 5.74) is 0. The van der Waals surface area contributed by atoms with Gasteiger partial charge < -0.3 is 4.90 Å². The largest absolute Gasteiger partial charge is 0.343 e. The Labute approximate surface area is 111 Å². The molecule has 0 aromatic carbocycles. The quantitative estimate of drug-likeness (QED) is 0.527. The number of likely N-dealkylation sites (tertiary alicyclic amines) is 1. The van der Waals surface area contributed by atoms with Gasteiger partial charge in [-0.3, -0.25) is 9.69 Å². The lowest BCUT2D eigenvalue weighted by molar-refractivity contribution is -0.130. The van der Waals surface area contributed by atoms with E-state index in [4.69, 9.17) is 0 Å². The van der Waals surface area contributed by atoms with Gasteiger partial charge in [-0.05, 0) is 12.8 Å². The Kier molecular flexibility index (Phi) is 4.43. The molecular formula is C11H20IN3O. The molecule has 16 heavy (non-hydrogen) atoms. The van der Waals surface area contributed by atoms with E-state index in [-0.39, 0.29) is 5.91 Å². The van der Waals surface area contributed by atoms with Crippen LogP contribution in [0.15, 0.2) is 0 Å². The van der Waals surface area contributed by atoms with E-state index in [2.05, 4.69) is 30.9 Å². The van der Waals surface area contributed by atoms with Crippen molar-refractivity contribution < 1.29 is 4.79 Å². The maximum atomic E-state index is 11.2. The molecule has 4 nitrogen and oxygen atoms in total. The minimum atomic E-state index is 0.232. The number of nitrogens with zero attached hydrogens (tertiary/aromatic N) is 3. The SMILES string of the molecule is CC(=O)N1CCC(N2CCN(I)CC2)CC1. The van der Waals surface area contributed by atoms with Crippen LogP contribution in [0.1, 0.15) is 19.8 Å². The molecule has 0 saturated carbocycles. The van der Waals surface area contributed by atoms with Gasteiger partial charge in [0.05, 0.1) is 0 Å². The van der Waals surface area contributed by atoms with Crippen molar-refractivity contribution in [2.45, 2.75) is 25.8 Å². The van der Waals surface area contributed by atoms with Crippen LogP contribution in [-0.2, 0) is 4.79 Å². The summed E-state index contributed by atoms with van der Waals surface area (Å²) in [6.07, 6.45) is 2.31. The molecule has 0 aliphatic carbocycles. The fraction of sp³-hybridized carbons (Fsp3) is 0.909. The first-order chi connectivity index (χ1) is 7.66. The highest BCUT2D eigenvalue weighted by Crippen LogP contribution is 2.19. The van der Waals surface area contributed by atoms with E-state index in [0.29, 0.717) is 6.04 Å². The van der Waals surface area contributed by atoms with Gasteiger partial charge in [-0.25, -0.2) is 3.11 Å². The van der Waals surface area contributed by atoms with Gasteiger partial charge in [-0.2, -0.15) is 0 Å². The lowest BCUT2D eigenvalue weighted by Gasteiger charge is -2.41. The van der Waals surface area contributed by atoms with E-state index in [1.54, 1.807) is 6.92 Å². The van der Waals surface area contributed by atoms with Crippen LogP contribution >= 0.6 is 22.9 Å². The third-order valence-corrected chi connectivity index (χ3v) is 4.65. The summed E-state index contributed by atoms with van der Waals surface area (Å²) >= 11 is 2.40. The maximum absolute atomic E-state index is 11.2. The number of halogens is 1. The van der Waals surface area contributed by atoms with E-state index >= 15 is 0 Å². The summed E-state index contributed by atoms with van der Waals surface area (Å²) in [6.45, 7) is 8.30. The second-order valence-corrected chi connectivity index (χ2v) is 6.05. The van der Waals surface area contributed by atoms with Crippen molar-refractivity contribution in [1.82, 2.24) is 12.9 Å². The highest BCUT2D eigenvalue weighted by Gasteiger charge is 2.27. The summed E-state index contributed by atoms with van der Waals surface area (Å²) in [6, 6.07) is 0.709. The second kappa shape index (κ2) is 5.64.